The molecule has 1 unspecified atom stereocenters. The molecule has 2 N–H and O–H groups in total. The van der Waals surface area contributed by atoms with Crippen LogP contribution in [0, 0.1) is 5.92 Å². The third-order valence-electron chi connectivity index (χ3n) is 2.44. The van der Waals surface area contributed by atoms with E-state index in [1.165, 1.54) is 0 Å². The Kier molecular flexibility index (Phi) is 7.11. The predicted molar refractivity (Wildman–Crippen MR) is 56.1 cm³/mol. The molecule has 0 saturated carbocycles. The molecule has 0 bridgehead atoms. The summed E-state index contributed by atoms with van der Waals surface area (Å²) in [6.45, 7) is 5.79. The Hall–Kier alpha value is -0.830. The summed E-state index contributed by atoms with van der Waals surface area (Å²) in [6.07, 6.45) is 4.27. The second-order valence-corrected chi connectivity index (χ2v) is 3.61. The quantitative estimate of drug-likeness (QED) is 0.466. The van der Waals surface area contributed by atoms with E-state index >= 15 is 0 Å². The van der Waals surface area contributed by atoms with Crippen molar-refractivity contribution in [2.24, 2.45) is 5.92 Å². The molecule has 0 aliphatic carbocycles. The Balaban J connectivity index is 3.78. The molecule has 0 aromatic rings. The average Bonchev–Trinajstić information content (AvgIpc) is 2.16. The summed E-state index contributed by atoms with van der Waals surface area (Å²) in [5.41, 5.74) is 0.292. The van der Waals surface area contributed by atoms with Crippen molar-refractivity contribution in [2.45, 2.75) is 39.0 Å². The summed E-state index contributed by atoms with van der Waals surface area (Å²) in [4.78, 5) is 10.5. The van der Waals surface area contributed by atoms with Gasteiger partial charge < -0.3 is 10.2 Å². The number of carboxylic acids is 1. The van der Waals surface area contributed by atoms with Gasteiger partial charge in [-0.25, -0.2) is 4.79 Å². The largest absolute Gasteiger partial charge is 0.478 e. The minimum Gasteiger partial charge on any atom is -0.478 e. The number of unbranched alkanes of at least 4 members (excludes halogenated alkanes) is 1. The summed E-state index contributed by atoms with van der Waals surface area (Å²) in [7, 11) is 0. The van der Waals surface area contributed by atoms with Gasteiger partial charge in [-0.3, -0.25) is 0 Å². The fourth-order valence-electron chi connectivity index (χ4n) is 1.43. The molecule has 0 saturated heterocycles. The van der Waals surface area contributed by atoms with Crippen LogP contribution in [0.2, 0.25) is 0 Å². The lowest BCUT2D eigenvalue weighted by Gasteiger charge is -2.13. The van der Waals surface area contributed by atoms with E-state index in [0.717, 1.165) is 25.7 Å². The van der Waals surface area contributed by atoms with Crippen LogP contribution in [0.25, 0.3) is 0 Å². The third-order valence-corrected chi connectivity index (χ3v) is 2.44. The maximum atomic E-state index is 10.5. The van der Waals surface area contributed by atoms with E-state index < -0.39 is 5.97 Å². The fraction of sp³-hybridized carbons (Fsp3) is 0.727. The van der Waals surface area contributed by atoms with Crippen LogP contribution in [0.15, 0.2) is 12.2 Å². The summed E-state index contributed by atoms with van der Waals surface area (Å²) < 4.78 is 0. The highest BCUT2D eigenvalue weighted by Gasteiger charge is 2.11. The maximum absolute atomic E-state index is 10.5. The molecule has 0 rings (SSSR count). The maximum Gasteiger partial charge on any atom is 0.330 e. The van der Waals surface area contributed by atoms with Crippen molar-refractivity contribution in [1.82, 2.24) is 0 Å². The summed E-state index contributed by atoms with van der Waals surface area (Å²) in [6, 6.07) is 0. The summed E-state index contributed by atoms with van der Waals surface area (Å²) >= 11 is 0. The molecule has 0 spiro atoms. The van der Waals surface area contributed by atoms with Gasteiger partial charge in [0.15, 0.2) is 0 Å². The van der Waals surface area contributed by atoms with E-state index in [2.05, 4.69) is 13.5 Å². The standard InChI is InChI=1S/C11H20O3/c1-3-10(6-4-5-7-12)8-9(2)11(13)14/h10,12H,2-8H2,1H3,(H,13,14). The van der Waals surface area contributed by atoms with E-state index in [1.54, 1.807) is 0 Å². The van der Waals surface area contributed by atoms with Crippen LogP contribution >= 0.6 is 0 Å². The molecule has 0 amide bonds. The van der Waals surface area contributed by atoms with Gasteiger partial charge in [-0.1, -0.05) is 32.8 Å². The molecule has 3 nitrogen and oxygen atoms in total. The second-order valence-electron chi connectivity index (χ2n) is 3.61. The Bertz CT molecular complexity index is 187. The predicted octanol–water partition coefficient (Wildman–Crippen LogP) is 2.21. The molecule has 0 aromatic carbocycles. The van der Waals surface area contributed by atoms with Crippen molar-refractivity contribution in [3.63, 3.8) is 0 Å². The molecule has 0 heterocycles. The van der Waals surface area contributed by atoms with Gasteiger partial charge in [-0.2, -0.15) is 0 Å². The van der Waals surface area contributed by atoms with Crippen molar-refractivity contribution in [2.75, 3.05) is 6.61 Å². The molecular weight excluding hydrogens is 180 g/mol. The first-order valence-electron chi connectivity index (χ1n) is 5.13. The van der Waals surface area contributed by atoms with E-state index in [-0.39, 0.29) is 6.61 Å². The summed E-state index contributed by atoms with van der Waals surface area (Å²) in [5.74, 6) is -0.504. The Morgan fingerprint density at radius 2 is 2.07 bits per heavy atom. The van der Waals surface area contributed by atoms with Crippen molar-refractivity contribution in [3.05, 3.63) is 12.2 Å². The molecule has 0 fully saturated rings. The molecule has 0 aliphatic heterocycles. The zero-order valence-corrected chi connectivity index (χ0v) is 8.83. The summed E-state index contributed by atoms with van der Waals surface area (Å²) in [5, 5.41) is 17.3. The minimum absolute atomic E-state index is 0.219. The van der Waals surface area contributed by atoms with Crippen LogP contribution < -0.4 is 0 Å². The number of hydrogen-bond donors (Lipinski definition) is 2. The third kappa shape index (κ3) is 5.75. The molecule has 14 heavy (non-hydrogen) atoms. The SMILES string of the molecule is C=C(CC(CC)CCCCO)C(=O)O. The van der Waals surface area contributed by atoms with E-state index in [9.17, 15) is 4.79 Å². The topological polar surface area (TPSA) is 57.5 Å². The Morgan fingerprint density at radius 1 is 1.43 bits per heavy atom. The average molecular weight is 200 g/mol. The van der Waals surface area contributed by atoms with Gasteiger partial charge in [0.05, 0.1) is 0 Å². The van der Waals surface area contributed by atoms with Crippen molar-refractivity contribution in [3.8, 4) is 0 Å². The monoisotopic (exact) mass is 200 g/mol. The fourth-order valence-corrected chi connectivity index (χ4v) is 1.43. The number of aliphatic hydroxyl groups excluding tert-OH is 1. The number of aliphatic hydroxyl groups is 1. The Morgan fingerprint density at radius 3 is 2.50 bits per heavy atom. The molecule has 0 aromatic heterocycles. The molecule has 0 aliphatic rings. The van der Waals surface area contributed by atoms with Crippen molar-refractivity contribution in [1.29, 1.82) is 0 Å². The first-order valence-corrected chi connectivity index (χ1v) is 5.13. The minimum atomic E-state index is -0.898. The van der Waals surface area contributed by atoms with Crippen LogP contribution in [0.5, 0.6) is 0 Å². The van der Waals surface area contributed by atoms with Crippen LogP contribution in [0.1, 0.15) is 39.0 Å². The number of carboxylic acid groups (broad SMARTS) is 1. The molecule has 3 heteroatoms. The number of hydrogen-bond acceptors (Lipinski definition) is 2. The highest BCUT2D eigenvalue weighted by molar-refractivity contribution is 5.85. The lowest BCUT2D eigenvalue weighted by Crippen LogP contribution is -2.07. The normalized spacial score (nSPS) is 12.4. The van der Waals surface area contributed by atoms with Gasteiger partial charge in [-0.05, 0) is 18.8 Å². The lowest BCUT2D eigenvalue weighted by molar-refractivity contribution is -0.132. The molecule has 0 radical (unpaired) electrons. The van der Waals surface area contributed by atoms with Crippen molar-refractivity contribution < 1.29 is 15.0 Å². The van der Waals surface area contributed by atoms with Gasteiger partial charge >= 0.3 is 5.97 Å². The van der Waals surface area contributed by atoms with Gasteiger partial charge in [0, 0.05) is 12.2 Å². The number of aliphatic carboxylic acids is 1. The molecule has 1 atom stereocenters. The van der Waals surface area contributed by atoms with Crippen molar-refractivity contribution >= 4 is 5.97 Å². The van der Waals surface area contributed by atoms with Crippen LogP contribution in [0.3, 0.4) is 0 Å². The number of carbonyl (C=O) groups is 1. The van der Waals surface area contributed by atoms with Gasteiger partial charge in [0.1, 0.15) is 0 Å². The first-order chi connectivity index (χ1) is 6.61. The van der Waals surface area contributed by atoms with E-state index in [1.807, 2.05) is 0 Å². The highest BCUT2D eigenvalue weighted by Crippen LogP contribution is 2.20. The van der Waals surface area contributed by atoms with Gasteiger partial charge in [-0.15, -0.1) is 0 Å². The van der Waals surface area contributed by atoms with Crippen LogP contribution in [-0.4, -0.2) is 22.8 Å². The van der Waals surface area contributed by atoms with Gasteiger partial charge in [0.2, 0.25) is 0 Å². The van der Waals surface area contributed by atoms with Crippen LogP contribution in [0.4, 0.5) is 0 Å². The van der Waals surface area contributed by atoms with E-state index in [0.29, 0.717) is 17.9 Å². The number of rotatable bonds is 8. The molecule has 82 valence electrons. The first kappa shape index (κ1) is 13.2. The van der Waals surface area contributed by atoms with Crippen LogP contribution in [-0.2, 0) is 4.79 Å². The Labute approximate surface area is 85.4 Å². The van der Waals surface area contributed by atoms with E-state index in [4.69, 9.17) is 10.2 Å². The zero-order chi connectivity index (χ0) is 11.0. The zero-order valence-electron chi connectivity index (χ0n) is 8.83. The highest BCUT2D eigenvalue weighted by atomic mass is 16.4. The van der Waals surface area contributed by atoms with Gasteiger partial charge in [0.25, 0.3) is 0 Å². The molecular formula is C11H20O3. The smallest absolute Gasteiger partial charge is 0.330 e. The lowest BCUT2D eigenvalue weighted by atomic mass is 9.92. The second kappa shape index (κ2) is 7.56.